The van der Waals surface area contributed by atoms with Crippen LogP contribution in [0, 0.1) is 12.7 Å². The Kier molecular flexibility index (Phi) is 4.22. The maximum Gasteiger partial charge on any atom is 0.251 e. The van der Waals surface area contributed by atoms with Crippen LogP contribution in [-0.2, 0) is 0 Å². The van der Waals surface area contributed by atoms with E-state index in [2.05, 4.69) is 5.32 Å². The summed E-state index contributed by atoms with van der Waals surface area (Å²) in [5.41, 5.74) is 0.910. The molecule has 0 bridgehead atoms. The lowest BCUT2D eigenvalue weighted by atomic mass is 10.1. The zero-order chi connectivity index (χ0) is 14.0. The highest BCUT2D eigenvalue weighted by molar-refractivity contribution is 7.16. The molecule has 0 aliphatic carbocycles. The first-order chi connectivity index (χ1) is 8.97. The minimum atomic E-state index is -0.311. The molecule has 0 saturated carbocycles. The first kappa shape index (κ1) is 14.0. The lowest BCUT2D eigenvalue weighted by molar-refractivity contribution is 0.0940. The van der Waals surface area contributed by atoms with E-state index in [1.165, 1.54) is 23.5 Å². The van der Waals surface area contributed by atoms with Gasteiger partial charge in [0.25, 0.3) is 5.91 Å². The average molecular weight is 298 g/mol. The molecule has 0 aliphatic rings. The van der Waals surface area contributed by atoms with E-state index in [1.807, 2.05) is 13.0 Å². The standard InChI is InChI=1S/C14H13ClFNOS/c1-8-7-10(3-4-11(8)16)14(18)17-9(2)12-5-6-13(15)19-12/h3-7,9H,1-2H3,(H,17,18). The van der Waals surface area contributed by atoms with Crippen LogP contribution in [0.1, 0.15) is 33.8 Å². The Labute approximate surface area is 120 Å². The molecule has 1 aromatic heterocycles. The van der Waals surface area contributed by atoms with Gasteiger partial charge in [-0.2, -0.15) is 0 Å². The first-order valence-corrected chi connectivity index (χ1v) is 6.99. The molecule has 100 valence electrons. The van der Waals surface area contributed by atoms with Gasteiger partial charge in [0.1, 0.15) is 5.82 Å². The highest BCUT2D eigenvalue weighted by atomic mass is 35.5. The van der Waals surface area contributed by atoms with Crippen LogP contribution >= 0.6 is 22.9 Å². The van der Waals surface area contributed by atoms with Crippen molar-refractivity contribution in [1.29, 1.82) is 0 Å². The second-order valence-electron chi connectivity index (χ2n) is 4.30. The smallest absolute Gasteiger partial charge is 0.251 e. The summed E-state index contributed by atoms with van der Waals surface area (Å²) in [7, 11) is 0. The van der Waals surface area contributed by atoms with Crippen molar-refractivity contribution in [3.8, 4) is 0 Å². The molecule has 2 aromatic rings. The van der Waals surface area contributed by atoms with Gasteiger partial charge >= 0.3 is 0 Å². The number of amides is 1. The number of carbonyl (C=O) groups excluding carboxylic acids is 1. The van der Waals surface area contributed by atoms with Gasteiger partial charge in [0.05, 0.1) is 10.4 Å². The molecule has 1 N–H and O–H groups in total. The number of aryl methyl sites for hydroxylation is 1. The van der Waals surface area contributed by atoms with Gasteiger partial charge in [-0.3, -0.25) is 4.79 Å². The number of carbonyl (C=O) groups is 1. The fourth-order valence-electron chi connectivity index (χ4n) is 1.70. The molecule has 0 spiro atoms. The third-order valence-electron chi connectivity index (χ3n) is 2.79. The summed E-state index contributed by atoms with van der Waals surface area (Å²) in [6.07, 6.45) is 0. The molecule has 2 nitrogen and oxygen atoms in total. The van der Waals surface area contributed by atoms with Gasteiger partial charge in [0.15, 0.2) is 0 Å². The number of halogens is 2. The van der Waals surface area contributed by atoms with Gasteiger partial charge in [0.2, 0.25) is 0 Å². The molecule has 0 radical (unpaired) electrons. The van der Waals surface area contributed by atoms with Crippen LogP contribution in [0.25, 0.3) is 0 Å². The summed E-state index contributed by atoms with van der Waals surface area (Å²) in [6, 6.07) is 7.87. The van der Waals surface area contributed by atoms with Crippen molar-refractivity contribution in [2.45, 2.75) is 19.9 Å². The van der Waals surface area contributed by atoms with E-state index in [0.717, 1.165) is 4.88 Å². The number of thiophene rings is 1. The van der Waals surface area contributed by atoms with Crippen molar-refractivity contribution in [2.75, 3.05) is 0 Å². The monoisotopic (exact) mass is 297 g/mol. The Bertz CT molecular complexity index is 611. The second kappa shape index (κ2) is 5.72. The Morgan fingerprint density at radius 2 is 2.11 bits per heavy atom. The number of rotatable bonds is 3. The van der Waals surface area contributed by atoms with Crippen LogP contribution in [0.15, 0.2) is 30.3 Å². The molecular weight excluding hydrogens is 285 g/mol. The summed E-state index contributed by atoms with van der Waals surface area (Å²) >= 11 is 7.29. The summed E-state index contributed by atoms with van der Waals surface area (Å²) in [6.45, 7) is 3.52. The van der Waals surface area contributed by atoms with Crippen molar-refractivity contribution in [1.82, 2.24) is 5.32 Å². The van der Waals surface area contributed by atoms with Crippen molar-refractivity contribution >= 4 is 28.8 Å². The van der Waals surface area contributed by atoms with Gasteiger partial charge in [-0.05, 0) is 49.7 Å². The molecule has 1 heterocycles. The van der Waals surface area contributed by atoms with Crippen LogP contribution in [0.5, 0.6) is 0 Å². The molecule has 1 unspecified atom stereocenters. The molecule has 1 atom stereocenters. The van der Waals surface area contributed by atoms with Gasteiger partial charge < -0.3 is 5.32 Å². The molecule has 2 rings (SSSR count). The molecule has 0 fully saturated rings. The highest BCUT2D eigenvalue weighted by Gasteiger charge is 2.13. The topological polar surface area (TPSA) is 29.1 Å². The number of hydrogen-bond acceptors (Lipinski definition) is 2. The quantitative estimate of drug-likeness (QED) is 0.897. The minimum absolute atomic E-state index is 0.129. The lowest BCUT2D eigenvalue weighted by Gasteiger charge is -2.12. The minimum Gasteiger partial charge on any atom is -0.345 e. The van der Waals surface area contributed by atoms with E-state index in [1.54, 1.807) is 19.1 Å². The zero-order valence-electron chi connectivity index (χ0n) is 10.5. The lowest BCUT2D eigenvalue weighted by Crippen LogP contribution is -2.26. The van der Waals surface area contributed by atoms with Crippen LogP contribution < -0.4 is 5.32 Å². The summed E-state index contributed by atoms with van der Waals surface area (Å²) < 4.78 is 13.8. The normalized spacial score (nSPS) is 12.2. The van der Waals surface area contributed by atoms with Crippen LogP contribution in [0.3, 0.4) is 0 Å². The fourth-order valence-corrected chi connectivity index (χ4v) is 2.76. The van der Waals surface area contributed by atoms with E-state index in [0.29, 0.717) is 15.5 Å². The Morgan fingerprint density at radius 1 is 1.37 bits per heavy atom. The highest BCUT2D eigenvalue weighted by Crippen LogP contribution is 2.26. The van der Waals surface area contributed by atoms with Gasteiger partial charge in [-0.15, -0.1) is 11.3 Å². The third kappa shape index (κ3) is 3.33. The summed E-state index contributed by atoms with van der Waals surface area (Å²) in [5.74, 6) is -0.533. The van der Waals surface area contributed by atoms with E-state index >= 15 is 0 Å². The summed E-state index contributed by atoms with van der Waals surface area (Å²) in [5, 5.41) is 2.86. The van der Waals surface area contributed by atoms with Crippen molar-refractivity contribution in [3.63, 3.8) is 0 Å². The maximum absolute atomic E-state index is 13.1. The van der Waals surface area contributed by atoms with Crippen molar-refractivity contribution < 1.29 is 9.18 Å². The van der Waals surface area contributed by atoms with Gasteiger partial charge in [0, 0.05) is 10.4 Å². The summed E-state index contributed by atoms with van der Waals surface area (Å²) in [4.78, 5) is 13.0. The van der Waals surface area contributed by atoms with Gasteiger partial charge in [-0.1, -0.05) is 11.6 Å². The number of nitrogens with one attached hydrogen (secondary N) is 1. The predicted octanol–water partition coefficient (Wildman–Crippen LogP) is 4.34. The fraction of sp³-hybridized carbons (Fsp3) is 0.214. The van der Waals surface area contributed by atoms with Gasteiger partial charge in [-0.25, -0.2) is 4.39 Å². The van der Waals surface area contributed by atoms with E-state index in [9.17, 15) is 9.18 Å². The van der Waals surface area contributed by atoms with E-state index < -0.39 is 0 Å². The first-order valence-electron chi connectivity index (χ1n) is 5.79. The maximum atomic E-state index is 13.1. The van der Waals surface area contributed by atoms with Crippen molar-refractivity contribution in [2.24, 2.45) is 0 Å². The Morgan fingerprint density at radius 3 is 2.68 bits per heavy atom. The Balaban J connectivity index is 2.10. The largest absolute Gasteiger partial charge is 0.345 e. The van der Waals surface area contributed by atoms with E-state index in [4.69, 9.17) is 11.6 Å². The van der Waals surface area contributed by atoms with Crippen LogP contribution in [0.4, 0.5) is 4.39 Å². The molecule has 0 aliphatic heterocycles. The van der Waals surface area contributed by atoms with Crippen LogP contribution in [-0.4, -0.2) is 5.91 Å². The number of hydrogen-bond donors (Lipinski definition) is 1. The molecule has 19 heavy (non-hydrogen) atoms. The SMILES string of the molecule is Cc1cc(C(=O)NC(C)c2ccc(Cl)s2)ccc1F. The molecular formula is C14H13ClFNOS. The van der Waals surface area contributed by atoms with E-state index in [-0.39, 0.29) is 17.8 Å². The predicted molar refractivity (Wildman–Crippen MR) is 76.3 cm³/mol. The Hall–Kier alpha value is -1.39. The van der Waals surface area contributed by atoms with Crippen molar-refractivity contribution in [3.05, 3.63) is 56.5 Å². The molecule has 5 heteroatoms. The number of benzene rings is 1. The zero-order valence-corrected chi connectivity index (χ0v) is 12.1. The average Bonchev–Trinajstić information content (AvgIpc) is 2.79. The van der Waals surface area contributed by atoms with Crippen LogP contribution in [0.2, 0.25) is 4.34 Å². The third-order valence-corrected chi connectivity index (χ3v) is 4.20. The molecule has 1 aromatic carbocycles. The second-order valence-corrected chi connectivity index (χ2v) is 6.05. The molecule has 1 amide bonds. The molecule has 0 saturated heterocycles.